The van der Waals surface area contributed by atoms with Crippen LogP contribution in [0.1, 0.15) is 6.92 Å². The second-order valence-electron chi connectivity index (χ2n) is 1.86. The maximum Gasteiger partial charge on any atom is 0.356 e. The molecule has 0 atom stereocenters. The average molecular weight is 284 g/mol. The Hall–Kier alpha value is -0.0100. The van der Waals surface area contributed by atoms with E-state index in [1.165, 1.54) is 0 Å². The van der Waals surface area contributed by atoms with Crippen LogP contribution in [0.15, 0.2) is 0 Å². The minimum Gasteiger partial charge on any atom is -0.478 e. The van der Waals surface area contributed by atoms with Crippen LogP contribution in [0, 0.1) is 0 Å². The highest BCUT2D eigenvalue weighted by atomic mass is 35.6. The fraction of sp³-hybridized carbons (Fsp3) is 0.600. The largest absolute Gasteiger partial charge is 0.478 e. The molecule has 4 N–H and O–H groups in total. The van der Waals surface area contributed by atoms with E-state index < -0.39 is 9.76 Å². The van der Waals surface area contributed by atoms with E-state index in [1.807, 2.05) is 0 Å². The van der Waals surface area contributed by atoms with Crippen molar-refractivity contribution >= 4 is 58.1 Å². The molecular weight excluding hydrogens is 274 g/mol. The van der Waals surface area contributed by atoms with Gasteiger partial charge in [-0.05, 0) is 19.1 Å². The summed E-state index contributed by atoms with van der Waals surface area (Å²) in [6.45, 7) is 2.19. The summed E-state index contributed by atoms with van der Waals surface area (Å²) in [7, 11) is 0. The van der Waals surface area contributed by atoms with Gasteiger partial charge in [-0.25, -0.2) is 9.86 Å². The highest BCUT2D eigenvalue weighted by molar-refractivity contribution is 7.80. The van der Waals surface area contributed by atoms with Gasteiger partial charge >= 0.3 is 5.97 Å². The molecule has 0 radical (unpaired) electrons. The Labute approximate surface area is 101 Å². The molecule has 0 saturated heterocycles. The van der Waals surface area contributed by atoms with Crippen LogP contribution in [-0.2, 0) is 4.79 Å². The highest BCUT2D eigenvalue weighted by Crippen LogP contribution is 2.25. The average Bonchev–Trinajstić information content (AvgIpc) is 2.02. The second kappa shape index (κ2) is 7.30. The van der Waals surface area contributed by atoms with Gasteiger partial charge in [0.1, 0.15) is 0 Å². The summed E-state index contributed by atoms with van der Waals surface area (Å²) < 4.78 is -2.17. The first-order valence-corrected chi connectivity index (χ1v) is 4.73. The number of nitrogens with two attached hydrogens (primary N) is 1. The van der Waals surface area contributed by atoms with Crippen molar-refractivity contribution in [1.82, 2.24) is 5.06 Å². The van der Waals surface area contributed by atoms with Crippen molar-refractivity contribution in [2.24, 2.45) is 5.73 Å². The Bertz CT molecular complexity index is 209. The molecule has 5 nitrogen and oxygen atoms in total. The number of carboxylic acids is 1. The van der Waals surface area contributed by atoms with Gasteiger partial charge in [-0.1, -0.05) is 34.8 Å². The van der Waals surface area contributed by atoms with Crippen LogP contribution in [0.3, 0.4) is 0 Å². The molecule has 0 aliphatic carbocycles. The number of hydrogen-bond donors (Lipinski definition) is 3. The summed E-state index contributed by atoms with van der Waals surface area (Å²) in [5.41, 5.74) is 4.95. The molecule has 0 aromatic carbocycles. The van der Waals surface area contributed by atoms with Crippen molar-refractivity contribution in [2.45, 2.75) is 10.7 Å². The Balaban J connectivity index is 0. The molecule has 0 unspecified atom stereocenters. The normalized spacial score (nSPS) is 9.79. The molecule has 84 valence electrons. The van der Waals surface area contributed by atoms with E-state index in [0.29, 0.717) is 6.54 Å². The Morgan fingerprint density at radius 2 is 1.86 bits per heavy atom. The monoisotopic (exact) mass is 282 g/mol. The summed E-state index contributed by atoms with van der Waals surface area (Å²) in [4.78, 5) is 9.62. The Morgan fingerprint density at radius 1 is 1.57 bits per heavy atom. The van der Waals surface area contributed by atoms with Gasteiger partial charge in [0.25, 0.3) is 3.79 Å². The van der Waals surface area contributed by atoms with Gasteiger partial charge in [-0.2, -0.15) is 0 Å². The molecular formula is C5H9Cl3N2O3S. The lowest BCUT2D eigenvalue weighted by Crippen LogP contribution is -2.31. The zero-order valence-electron chi connectivity index (χ0n) is 7.08. The van der Waals surface area contributed by atoms with Crippen molar-refractivity contribution in [2.75, 3.05) is 6.54 Å². The number of nitrogens with zero attached hydrogens (tertiary/aromatic N) is 1. The molecule has 0 aliphatic rings. The number of hydrogen-bond acceptors (Lipinski definition) is 3. The molecule has 14 heavy (non-hydrogen) atoms. The zero-order chi connectivity index (χ0) is 11.9. The Morgan fingerprint density at radius 3 is 1.86 bits per heavy atom. The quantitative estimate of drug-likeness (QED) is 0.383. The number of carbonyl (C=O) groups is 1. The first-order chi connectivity index (χ1) is 6.12. The van der Waals surface area contributed by atoms with E-state index >= 15 is 0 Å². The molecule has 0 spiro atoms. The van der Waals surface area contributed by atoms with E-state index in [4.69, 9.17) is 50.9 Å². The maximum atomic E-state index is 9.62. The molecule has 9 heteroatoms. The Kier molecular flexibility index (Phi) is 8.57. The van der Waals surface area contributed by atoms with Gasteiger partial charge in [0.05, 0.1) is 0 Å². The molecule has 0 fully saturated rings. The molecule has 0 aliphatic heterocycles. The summed E-state index contributed by atoms with van der Waals surface area (Å²) in [5, 5.41) is 17.2. The molecule has 0 aromatic rings. The predicted octanol–water partition coefficient (Wildman–Crippen LogP) is 1.38. The van der Waals surface area contributed by atoms with Crippen LogP contribution in [0.4, 0.5) is 0 Å². The molecule has 0 amide bonds. The SMILES string of the molecule is CCN(O)C(N)=S.O=C(O)C(Cl)(Cl)Cl. The standard InChI is InChI=1S/C3H8N2OS.C2HCl3O2/c1-2-5(6)3(4)7;3-2(4,5)1(6)7/h6H,2H2,1H3,(H2,4,7);(H,6,7). The number of aliphatic carboxylic acids is 1. The summed E-state index contributed by atoms with van der Waals surface area (Å²) >= 11 is 18.8. The molecule has 0 saturated carbocycles. The van der Waals surface area contributed by atoms with Crippen molar-refractivity contribution in [3.8, 4) is 0 Å². The second-order valence-corrected chi connectivity index (χ2v) is 4.56. The number of hydroxylamine groups is 2. The summed E-state index contributed by atoms with van der Waals surface area (Å²) in [5.74, 6) is -1.46. The van der Waals surface area contributed by atoms with Crippen LogP contribution in [0.2, 0.25) is 0 Å². The zero-order valence-corrected chi connectivity index (χ0v) is 10.2. The van der Waals surface area contributed by atoms with Crippen molar-refractivity contribution < 1.29 is 15.1 Å². The van der Waals surface area contributed by atoms with E-state index in [0.717, 1.165) is 5.06 Å². The topological polar surface area (TPSA) is 86.8 Å². The molecule has 0 heterocycles. The lowest BCUT2D eigenvalue weighted by molar-refractivity contribution is -0.135. The van der Waals surface area contributed by atoms with E-state index in [1.54, 1.807) is 6.92 Å². The van der Waals surface area contributed by atoms with Crippen LogP contribution in [0.25, 0.3) is 0 Å². The van der Waals surface area contributed by atoms with Crippen molar-refractivity contribution in [1.29, 1.82) is 0 Å². The van der Waals surface area contributed by atoms with Crippen LogP contribution in [0.5, 0.6) is 0 Å². The van der Waals surface area contributed by atoms with Crippen molar-refractivity contribution in [3.05, 3.63) is 0 Å². The van der Waals surface area contributed by atoms with Gasteiger partial charge in [0, 0.05) is 6.54 Å². The number of rotatable bonds is 1. The third kappa shape index (κ3) is 10.1. The van der Waals surface area contributed by atoms with Gasteiger partial charge in [0.15, 0.2) is 5.11 Å². The van der Waals surface area contributed by atoms with E-state index in [9.17, 15) is 4.79 Å². The van der Waals surface area contributed by atoms with Gasteiger partial charge in [0.2, 0.25) is 0 Å². The van der Waals surface area contributed by atoms with E-state index in [-0.39, 0.29) is 5.11 Å². The van der Waals surface area contributed by atoms with Gasteiger partial charge in [-0.15, -0.1) is 0 Å². The smallest absolute Gasteiger partial charge is 0.356 e. The fourth-order valence-corrected chi connectivity index (χ4v) is 0.285. The lowest BCUT2D eigenvalue weighted by Gasteiger charge is -2.09. The first kappa shape index (κ1) is 16.4. The number of halogens is 3. The highest BCUT2D eigenvalue weighted by Gasteiger charge is 2.29. The fourth-order valence-electron chi connectivity index (χ4n) is 0.156. The summed E-state index contributed by atoms with van der Waals surface area (Å²) in [6, 6.07) is 0. The first-order valence-electron chi connectivity index (χ1n) is 3.18. The van der Waals surface area contributed by atoms with Gasteiger partial charge in [-0.3, -0.25) is 5.21 Å². The van der Waals surface area contributed by atoms with Gasteiger partial charge < -0.3 is 10.8 Å². The molecule has 0 rings (SSSR count). The van der Waals surface area contributed by atoms with Crippen LogP contribution < -0.4 is 5.73 Å². The minimum atomic E-state index is -2.17. The third-order valence-corrected chi connectivity index (χ3v) is 1.49. The number of alkyl halides is 3. The van der Waals surface area contributed by atoms with Crippen LogP contribution in [-0.4, -0.2) is 36.8 Å². The predicted molar refractivity (Wildman–Crippen MR) is 58.9 cm³/mol. The third-order valence-electron chi connectivity index (χ3n) is 0.796. The van der Waals surface area contributed by atoms with E-state index in [2.05, 4.69) is 12.2 Å². The van der Waals surface area contributed by atoms with Crippen molar-refractivity contribution in [3.63, 3.8) is 0 Å². The minimum absolute atomic E-state index is 0.0162. The maximum absolute atomic E-state index is 9.62. The lowest BCUT2D eigenvalue weighted by atomic mass is 10.7. The number of carboxylic acid groups (broad SMARTS) is 1. The van der Waals surface area contributed by atoms with Crippen LogP contribution >= 0.6 is 47.0 Å². The molecule has 0 aromatic heterocycles. The molecule has 0 bridgehead atoms. The number of thiocarbonyl (C=S) groups is 1. The summed E-state index contributed by atoms with van der Waals surface area (Å²) in [6.07, 6.45) is 0.